The van der Waals surface area contributed by atoms with Gasteiger partial charge in [0, 0.05) is 31.7 Å². The highest BCUT2D eigenvalue weighted by atomic mass is 16.2. The average Bonchev–Trinajstić information content (AvgIpc) is 3.02. The second-order valence-electron chi connectivity index (χ2n) is 6.25. The van der Waals surface area contributed by atoms with Gasteiger partial charge in [0.25, 0.3) is 0 Å². The minimum Gasteiger partial charge on any atom is -0.367 e. The van der Waals surface area contributed by atoms with Gasteiger partial charge in [-0.2, -0.15) is 0 Å². The first kappa shape index (κ1) is 14.3. The third-order valence-electron chi connectivity index (χ3n) is 4.72. The lowest BCUT2D eigenvalue weighted by molar-refractivity contribution is -0.133. The number of hydrogen-bond donors (Lipinski definition) is 1. The van der Waals surface area contributed by atoms with Crippen molar-refractivity contribution in [2.45, 2.75) is 51.0 Å². The largest absolute Gasteiger partial charge is 0.367 e. The van der Waals surface area contributed by atoms with Crippen molar-refractivity contribution >= 4 is 11.7 Å². The maximum atomic E-state index is 12.3. The molecule has 1 aromatic heterocycles. The average molecular weight is 288 g/mol. The highest BCUT2D eigenvalue weighted by molar-refractivity contribution is 5.76. The van der Waals surface area contributed by atoms with Gasteiger partial charge >= 0.3 is 0 Å². The van der Waals surface area contributed by atoms with E-state index in [-0.39, 0.29) is 0 Å². The van der Waals surface area contributed by atoms with Crippen LogP contribution in [0.4, 0.5) is 5.82 Å². The van der Waals surface area contributed by atoms with Crippen LogP contribution in [0.3, 0.4) is 0 Å². The van der Waals surface area contributed by atoms with E-state index in [0.29, 0.717) is 17.9 Å². The number of nitrogens with zero attached hydrogens (tertiary/aromatic N) is 3. The van der Waals surface area contributed by atoms with Crippen molar-refractivity contribution in [3.63, 3.8) is 0 Å². The van der Waals surface area contributed by atoms with Crippen LogP contribution in [-0.2, 0) is 4.79 Å². The lowest BCUT2D eigenvalue weighted by Crippen LogP contribution is -2.42. The molecule has 0 spiro atoms. The number of rotatable bonds is 4. The minimum atomic E-state index is 0.363. The van der Waals surface area contributed by atoms with Gasteiger partial charge in [-0.05, 0) is 37.7 Å². The van der Waals surface area contributed by atoms with E-state index in [1.165, 1.54) is 25.7 Å². The minimum absolute atomic E-state index is 0.363. The Bertz CT molecular complexity index is 451. The molecule has 1 amide bonds. The SMILES string of the molecule is O=C(CC1CCCC1)N1CCC(Nc2ccncn2)CC1. The van der Waals surface area contributed by atoms with Crippen molar-refractivity contribution < 1.29 is 4.79 Å². The lowest BCUT2D eigenvalue weighted by Gasteiger charge is -2.33. The van der Waals surface area contributed by atoms with E-state index in [1.807, 2.05) is 6.07 Å². The van der Waals surface area contributed by atoms with Crippen LogP contribution in [-0.4, -0.2) is 39.9 Å². The number of amides is 1. The summed E-state index contributed by atoms with van der Waals surface area (Å²) in [6, 6.07) is 2.30. The molecule has 1 aliphatic heterocycles. The maximum absolute atomic E-state index is 12.3. The standard InChI is InChI=1S/C16H24N4O/c21-16(11-13-3-1-2-4-13)20-9-6-14(7-10-20)19-15-5-8-17-12-18-15/h5,8,12-14H,1-4,6-7,9-11H2,(H,17,18,19). The zero-order valence-electron chi connectivity index (χ0n) is 12.5. The molecule has 21 heavy (non-hydrogen) atoms. The van der Waals surface area contributed by atoms with Crippen LogP contribution in [0.5, 0.6) is 0 Å². The van der Waals surface area contributed by atoms with E-state index in [4.69, 9.17) is 0 Å². The van der Waals surface area contributed by atoms with E-state index in [2.05, 4.69) is 20.2 Å². The van der Waals surface area contributed by atoms with Gasteiger partial charge in [0.2, 0.25) is 5.91 Å². The second-order valence-corrected chi connectivity index (χ2v) is 6.25. The Balaban J connectivity index is 1.43. The number of hydrogen-bond acceptors (Lipinski definition) is 4. The fourth-order valence-corrected chi connectivity index (χ4v) is 3.45. The summed E-state index contributed by atoms with van der Waals surface area (Å²) >= 11 is 0. The van der Waals surface area contributed by atoms with Crippen molar-refractivity contribution in [1.29, 1.82) is 0 Å². The molecule has 0 bridgehead atoms. The fraction of sp³-hybridized carbons (Fsp3) is 0.688. The van der Waals surface area contributed by atoms with Crippen LogP contribution in [0.1, 0.15) is 44.9 Å². The Kier molecular flexibility index (Phi) is 4.68. The molecule has 1 saturated carbocycles. The quantitative estimate of drug-likeness (QED) is 0.924. The molecule has 5 heteroatoms. The summed E-state index contributed by atoms with van der Waals surface area (Å²) in [5.74, 6) is 1.89. The normalized spacial score (nSPS) is 20.7. The number of nitrogens with one attached hydrogen (secondary N) is 1. The molecular weight excluding hydrogens is 264 g/mol. The van der Waals surface area contributed by atoms with E-state index < -0.39 is 0 Å². The van der Waals surface area contributed by atoms with Gasteiger partial charge in [-0.3, -0.25) is 4.79 Å². The molecule has 0 radical (unpaired) electrons. The van der Waals surface area contributed by atoms with E-state index in [1.54, 1.807) is 12.5 Å². The number of aromatic nitrogens is 2. The van der Waals surface area contributed by atoms with Gasteiger partial charge in [-0.25, -0.2) is 9.97 Å². The summed E-state index contributed by atoms with van der Waals surface area (Å²) < 4.78 is 0. The zero-order valence-corrected chi connectivity index (χ0v) is 12.5. The van der Waals surface area contributed by atoms with Crippen LogP contribution in [0, 0.1) is 5.92 Å². The predicted molar refractivity (Wildman–Crippen MR) is 81.8 cm³/mol. The van der Waals surface area contributed by atoms with Crippen molar-refractivity contribution in [3.8, 4) is 0 Å². The van der Waals surface area contributed by atoms with Crippen LogP contribution in [0.15, 0.2) is 18.6 Å². The van der Waals surface area contributed by atoms with Gasteiger partial charge in [0.1, 0.15) is 12.1 Å². The van der Waals surface area contributed by atoms with Crippen molar-refractivity contribution in [1.82, 2.24) is 14.9 Å². The van der Waals surface area contributed by atoms with Gasteiger partial charge in [0.15, 0.2) is 0 Å². The molecule has 2 heterocycles. The Labute approximate surface area is 126 Å². The number of piperidine rings is 1. The Morgan fingerprint density at radius 1 is 1.24 bits per heavy atom. The third-order valence-corrected chi connectivity index (χ3v) is 4.72. The molecule has 1 aliphatic carbocycles. The molecular formula is C16H24N4O. The number of anilines is 1. The first-order chi connectivity index (χ1) is 10.3. The van der Waals surface area contributed by atoms with Crippen LogP contribution in [0.2, 0.25) is 0 Å². The van der Waals surface area contributed by atoms with Crippen LogP contribution in [0.25, 0.3) is 0 Å². The third kappa shape index (κ3) is 3.93. The number of carbonyl (C=O) groups excluding carboxylic acids is 1. The smallest absolute Gasteiger partial charge is 0.222 e. The fourth-order valence-electron chi connectivity index (χ4n) is 3.45. The lowest BCUT2D eigenvalue weighted by atomic mass is 10.0. The maximum Gasteiger partial charge on any atom is 0.222 e. The molecule has 0 atom stereocenters. The molecule has 114 valence electrons. The van der Waals surface area contributed by atoms with E-state index in [0.717, 1.165) is 38.2 Å². The molecule has 1 N–H and O–H groups in total. The van der Waals surface area contributed by atoms with E-state index in [9.17, 15) is 4.79 Å². The predicted octanol–water partition coefficient (Wildman–Crippen LogP) is 2.46. The summed E-state index contributed by atoms with van der Waals surface area (Å²) in [6.07, 6.45) is 11.2. The summed E-state index contributed by atoms with van der Waals surface area (Å²) in [5, 5.41) is 3.42. The Morgan fingerprint density at radius 3 is 2.67 bits per heavy atom. The van der Waals surface area contributed by atoms with Crippen LogP contribution >= 0.6 is 0 Å². The first-order valence-corrected chi connectivity index (χ1v) is 8.11. The molecule has 3 rings (SSSR count). The monoisotopic (exact) mass is 288 g/mol. The summed E-state index contributed by atoms with van der Waals surface area (Å²) in [5.41, 5.74) is 0. The van der Waals surface area contributed by atoms with Gasteiger partial charge in [-0.1, -0.05) is 12.8 Å². The molecule has 2 fully saturated rings. The highest BCUT2D eigenvalue weighted by Gasteiger charge is 2.26. The van der Waals surface area contributed by atoms with Gasteiger partial charge in [-0.15, -0.1) is 0 Å². The summed E-state index contributed by atoms with van der Waals surface area (Å²) in [6.45, 7) is 1.74. The number of likely N-dealkylation sites (tertiary alicyclic amines) is 1. The van der Waals surface area contributed by atoms with Gasteiger partial charge < -0.3 is 10.2 Å². The van der Waals surface area contributed by atoms with Crippen molar-refractivity contribution in [2.24, 2.45) is 5.92 Å². The Morgan fingerprint density at radius 2 is 2.00 bits per heavy atom. The van der Waals surface area contributed by atoms with Gasteiger partial charge in [0.05, 0.1) is 0 Å². The molecule has 5 nitrogen and oxygen atoms in total. The first-order valence-electron chi connectivity index (χ1n) is 8.11. The topological polar surface area (TPSA) is 58.1 Å². The summed E-state index contributed by atoms with van der Waals surface area (Å²) in [7, 11) is 0. The van der Waals surface area contributed by atoms with E-state index >= 15 is 0 Å². The Hall–Kier alpha value is -1.65. The molecule has 0 unspecified atom stereocenters. The molecule has 1 aromatic rings. The molecule has 1 saturated heterocycles. The summed E-state index contributed by atoms with van der Waals surface area (Å²) in [4.78, 5) is 22.5. The zero-order chi connectivity index (χ0) is 14.5. The highest BCUT2D eigenvalue weighted by Crippen LogP contribution is 2.28. The second kappa shape index (κ2) is 6.87. The van der Waals surface area contributed by atoms with Crippen LogP contribution < -0.4 is 5.32 Å². The molecule has 0 aromatic carbocycles. The van der Waals surface area contributed by atoms with Crippen molar-refractivity contribution in [3.05, 3.63) is 18.6 Å². The molecule has 2 aliphatic rings. The van der Waals surface area contributed by atoms with Crippen molar-refractivity contribution in [2.75, 3.05) is 18.4 Å². The number of carbonyl (C=O) groups is 1.